The van der Waals surface area contributed by atoms with Crippen LogP contribution in [0.1, 0.15) is 31.5 Å². The number of amides is 1. The number of hydrogen-bond donors (Lipinski definition) is 5. The van der Waals surface area contributed by atoms with Gasteiger partial charge in [0.15, 0.2) is 0 Å². The van der Waals surface area contributed by atoms with E-state index in [1.165, 1.54) is 0 Å². The maximum Gasteiger partial charge on any atom is 0.404 e. The number of H-pyrrole nitrogens is 1. The fraction of sp³-hybridized carbons (Fsp3) is 0.333. The van der Waals surface area contributed by atoms with E-state index in [1.807, 2.05) is 0 Å². The van der Waals surface area contributed by atoms with Crippen molar-refractivity contribution < 1.29 is 18.3 Å². The predicted molar refractivity (Wildman–Crippen MR) is 130 cm³/mol. The molecule has 0 saturated heterocycles. The van der Waals surface area contributed by atoms with Gasteiger partial charge in [0, 0.05) is 30.3 Å². The Balaban J connectivity index is 1.70. The Hall–Kier alpha value is -3.38. The number of hydrogen-bond acceptors (Lipinski definition) is 7. The lowest BCUT2D eigenvalue weighted by Crippen LogP contribution is -2.36. The maximum absolute atomic E-state index is 11.7. The number of carboxylic acid groups (broad SMARTS) is 1. The molecule has 11 nitrogen and oxygen atoms in total. The minimum absolute atomic E-state index is 0.226. The fourth-order valence-electron chi connectivity index (χ4n) is 3.40. The molecule has 2 heterocycles. The highest BCUT2D eigenvalue weighted by Gasteiger charge is 2.29. The van der Waals surface area contributed by atoms with E-state index in [0.717, 1.165) is 24.9 Å². The Labute approximate surface area is 201 Å². The lowest BCUT2D eigenvalue weighted by molar-refractivity contribution is 0.191. The normalized spacial score (nSPS) is 14.4. The quantitative estimate of drug-likeness (QED) is 0.295. The van der Waals surface area contributed by atoms with Gasteiger partial charge in [0.05, 0.1) is 34.0 Å². The molecule has 1 aliphatic carbocycles. The third-order valence-electron chi connectivity index (χ3n) is 5.08. The van der Waals surface area contributed by atoms with Crippen molar-refractivity contribution in [3.05, 3.63) is 41.3 Å². The van der Waals surface area contributed by atoms with Crippen LogP contribution in [0.15, 0.2) is 30.5 Å². The highest BCUT2D eigenvalue weighted by atomic mass is 35.5. The molecule has 1 unspecified atom stereocenters. The second-order valence-electron chi connectivity index (χ2n) is 8.16. The summed E-state index contributed by atoms with van der Waals surface area (Å²) in [4.78, 5) is 27.7. The van der Waals surface area contributed by atoms with E-state index in [-0.39, 0.29) is 16.8 Å². The smallest absolute Gasteiger partial charge is 0.404 e. The number of sulfonamides is 1. The highest BCUT2D eigenvalue weighted by molar-refractivity contribution is 7.92. The molecule has 1 atom stereocenters. The molecular weight excluding hydrogens is 482 g/mol. The SMILES string of the molecule is CC(CNc1nccc(-c2[nH]c(C3CC3)nc2-c2cccc(NS(C)(=O)=O)c2Cl)n1)NC(=O)O. The maximum atomic E-state index is 11.7. The molecule has 4 rings (SSSR count). The van der Waals surface area contributed by atoms with Crippen LogP contribution in [-0.2, 0) is 10.0 Å². The van der Waals surface area contributed by atoms with Gasteiger partial charge in [0.25, 0.3) is 0 Å². The number of halogens is 1. The average molecular weight is 506 g/mol. The van der Waals surface area contributed by atoms with Crippen LogP contribution in [0.2, 0.25) is 5.02 Å². The Bertz CT molecular complexity index is 1320. The molecule has 5 N–H and O–H groups in total. The summed E-state index contributed by atoms with van der Waals surface area (Å²) in [6.45, 7) is 2.02. The molecule has 0 spiro atoms. The van der Waals surface area contributed by atoms with Crippen LogP contribution in [0.3, 0.4) is 0 Å². The largest absolute Gasteiger partial charge is 0.465 e. The van der Waals surface area contributed by atoms with Gasteiger partial charge in [0.2, 0.25) is 16.0 Å². The number of anilines is 2. The molecule has 0 radical (unpaired) electrons. The van der Waals surface area contributed by atoms with Crippen molar-refractivity contribution in [1.29, 1.82) is 0 Å². The van der Waals surface area contributed by atoms with Gasteiger partial charge in [-0.25, -0.2) is 28.2 Å². The van der Waals surface area contributed by atoms with Crippen LogP contribution in [0.25, 0.3) is 22.6 Å². The van der Waals surface area contributed by atoms with Crippen LogP contribution >= 0.6 is 11.6 Å². The number of rotatable bonds is 9. The Kier molecular flexibility index (Phi) is 6.62. The minimum atomic E-state index is -3.52. The fourth-order valence-corrected chi connectivity index (χ4v) is 4.29. The summed E-state index contributed by atoms with van der Waals surface area (Å²) in [6.07, 6.45) is 3.60. The molecule has 13 heteroatoms. The van der Waals surface area contributed by atoms with Crippen molar-refractivity contribution in [3.8, 4) is 22.6 Å². The molecule has 0 aliphatic heterocycles. The zero-order valence-electron chi connectivity index (χ0n) is 18.5. The van der Waals surface area contributed by atoms with Crippen LogP contribution < -0.4 is 15.4 Å². The zero-order chi connectivity index (χ0) is 24.5. The van der Waals surface area contributed by atoms with Gasteiger partial charge in [-0.1, -0.05) is 23.7 Å². The Morgan fingerprint density at radius 1 is 1.29 bits per heavy atom. The van der Waals surface area contributed by atoms with Crippen molar-refractivity contribution >= 4 is 39.4 Å². The monoisotopic (exact) mass is 505 g/mol. The molecule has 34 heavy (non-hydrogen) atoms. The van der Waals surface area contributed by atoms with Gasteiger partial charge in [-0.15, -0.1) is 0 Å². The summed E-state index contributed by atoms with van der Waals surface area (Å²) in [5.74, 6) is 1.46. The first-order valence-corrected chi connectivity index (χ1v) is 12.8. The number of aromatic nitrogens is 4. The molecule has 1 amide bonds. The summed E-state index contributed by atoms with van der Waals surface area (Å²) in [6, 6.07) is 6.43. The van der Waals surface area contributed by atoms with Gasteiger partial charge in [-0.3, -0.25) is 4.72 Å². The van der Waals surface area contributed by atoms with Crippen molar-refractivity contribution in [2.24, 2.45) is 0 Å². The van der Waals surface area contributed by atoms with Gasteiger partial charge in [0.1, 0.15) is 5.82 Å². The number of nitrogens with one attached hydrogen (secondary N) is 4. The first-order valence-electron chi connectivity index (χ1n) is 10.5. The Morgan fingerprint density at radius 2 is 2.06 bits per heavy atom. The second-order valence-corrected chi connectivity index (χ2v) is 10.3. The van der Waals surface area contributed by atoms with Crippen LogP contribution in [-0.4, -0.2) is 58.4 Å². The zero-order valence-corrected chi connectivity index (χ0v) is 20.0. The van der Waals surface area contributed by atoms with Crippen molar-refractivity contribution in [1.82, 2.24) is 25.3 Å². The summed E-state index contributed by atoms with van der Waals surface area (Å²) >= 11 is 6.59. The topological polar surface area (TPSA) is 162 Å². The molecule has 2 aromatic heterocycles. The van der Waals surface area contributed by atoms with E-state index in [4.69, 9.17) is 21.7 Å². The molecule has 1 aromatic carbocycles. The lowest BCUT2D eigenvalue weighted by atomic mass is 10.1. The Morgan fingerprint density at radius 3 is 2.74 bits per heavy atom. The van der Waals surface area contributed by atoms with Crippen LogP contribution in [0, 0.1) is 0 Å². The lowest BCUT2D eigenvalue weighted by Gasteiger charge is -2.13. The number of aromatic amines is 1. The highest BCUT2D eigenvalue weighted by Crippen LogP contribution is 2.43. The van der Waals surface area contributed by atoms with E-state index in [2.05, 4.69) is 30.3 Å². The summed E-state index contributed by atoms with van der Waals surface area (Å²) in [5.41, 5.74) is 2.55. The van der Waals surface area contributed by atoms with E-state index in [9.17, 15) is 13.2 Å². The number of imidazole rings is 1. The minimum Gasteiger partial charge on any atom is -0.465 e. The molecule has 1 fully saturated rings. The third-order valence-corrected chi connectivity index (χ3v) is 6.08. The number of carbonyl (C=O) groups is 1. The molecule has 180 valence electrons. The first-order chi connectivity index (χ1) is 16.1. The van der Waals surface area contributed by atoms with Gasteiger partial charge >= 0.3 is 6.09 Å². The molecule has 3 aromatic rings. The van der Waals surface area contributed by atoms with Gasteiger partial charge in [-0.2, -0.15) is 0 Å². The van der Waals surface area contributed by atoms with E-state index in [1.54, 1.807) is 37.4 Å². The molecular formula is C21H24ClN7O4S. The van der Waals surface area contributed by atoms with Gasteiger partial charge < -0.3 is 20.7 Å². The number of nitrogens with zero attached hydrogens (tertiary/aromatic N) is 3. The molecule has 1 aliphatic rings. The third kappa shape index (κ3) is 5.75. The van der Waals surface area contributed by atoms with E-state index < -0.39 is 16.1 Å². The van der Waals surface area contributed by atoms with Crippen LogP contribution in [0.4, 0.5) is 16.4 Å². The summed E-state index contributed by atoms with van der Waals surface area (Å²) in [5, 5.41) is 14.4. The standard InChI is InChI=1S/C21H24ClN7O4S/c1-11(25-21(30)31)10-24-20-23-9-8-15(26-20)18-17(27-19(28-18)12-6-7-12)13-4-3-5-14(16(13)22)29-34(2,32)33/h3-5,8-9,11-12,25,29H,6-7,10H2,1-2H3,(H,27,28)(H,30,31)(H,23,24,26). The summed E-state index contributed by atoms with van der Waals surface area (Å²) < 4.78 is 25.9. The van der Waals surface area contributed by atoms with Crippen molar-refractivity contribution in [3.63, 3.8) is 0 Å². The second kappa shape index (κ2) is 9.47. The first kappa shape index (κ1) is 23.8. The number of benzene rings is 1. The van der Waals surface area contributed by atoms with E-state index in [0.29, 0.717) is 41.1 Å². The van der Waals surface area contributed by atoms with E-state index >= 15 is 0 Å². The molecule has 0 bridgehead atoms. The molecule has 1 saturated carbocycles. The predicted octanol–water partition coefficient (Wildman–Crippen LogP) is 3.50. The average Bonchev–Trinajstić information content (AvgIpc) is 3.51. The summed E-state index contributed by atoms with van der Waals surface area (Å²) in [7, 11) is -3.52. The van der Waals surface area contributed by atoms with Gasteiger partial charge in [-0.05, 0) is 31.9 Å². The van der Waals surface area contributed by atoms with Crippen LogP contribution in [0.5, 0.6) is 0 Å². The van der Waals surface area contributed by atoms with Crippen molar-refractivity contribution in [2.45, 2.75) is 31.7 Å². The van der Waals surface area contributed by atoms with Crippen molar-refractivity contribution in [2.75, 3.05) is 22.8 Å².